The molecule has 0 heterocycles. The first-order valence-electron chi connectivity index (χ1n) is 6.02. The summed E-state index contributed by atoms with van der Waals surface area (Å²) in [6.07, 6.45) is 0.373. The molecule has 2 amide bonds. The number of rotatable bonds is 5. The lowest BCUT2D eigenvalue weighted by molar-refractivity contribution is -0.147. The fourth-order valence-corrected chi connectivity index (χ4v) is 1.49. The van der Waals surface area contributed by atoms with Gasteiger partial charge in [0.15, 0.2) is 0 Å². The third-order valence-corrected chi connectivity index (χ3v) is 3.42. The molecule has 110 valence electrons. The highest BCUT2D eigenvalue weighted by molar-refractivity contribution is 6.30. The van der Waals surface area contributed by atoms with E-state index in [0.717, 1.165) is 6.07 Å². The van der Waals surface area contributed by atoms with Gasteiger partial charge in [0.05, 0.1) is 10.4 Å². The molecule has 20 heavy (non-hydrogen) atoms. The summed E-state index contributed by atoms with van der Waals surface area (Å²) in [5.41, 5.74) is -0.805. The number of carboxylic acid groups (broad SMARTS) is 1. The molecular weight excluding hydrogens is 287 g/mol. The van der Waals surface area contributed by atoms with Crippen LogP contribution in [-0.2, 0) is 4.79 Å². The fraction of sp³-hybridized carbons (Fsp3) is 0.385. The maximum Gasteiger partial charge on any atom is 0.319 e. The third-order valence-electron chi connectivity index (χ3n) is 3.11. The van der Waals surface area contributed by atoms with Gasteiger partial charge in [0.25, 0.3) is 0 Å². The summed E-state index contributed by atoms with van der Waals surface area (Å²) in [5, 5.41) is 13.9. The smallest absolute Gasteiger partial charge is 0.319 e. The van der Waals surface area contributed by atoms with Gasteiger partial charge in [0.1, 0.15) is 5.82 Å². The van der Waals surface area contributed by atoms with Crippen LogP contribution in [0.25, 0.3) is 0 Å². The number of urea groups is 1. The molecule has 3 N–H and O–H groups in total. The lowest BCUT2D eigenvalue weighted by Gasteiger charge is -2.23. The van der Waals surface area contributed by atoms with E-state index in [4.69, 9.17) is 16.7 Å². The summed E-state index contributed by atoms with van der Waals surface area (Å²) in [6.45, 7) is 3.24. The van der Waals surface area contributed by atoms with Gasteiger partial charge in [0.2, 0.25) is 0 Å². The molecule has 1 aromatic rings. The van der Waals surface area contributed by atoms with Gasteiger partial charge in [-0.2, -0.15) is 0 Å². The number of anilines is 1. The Labute approximate surface area is 121 Å². The van der Waals surface area contributed by atoms with Gasteiger partial charge >= 0.3 is 12.0 Å². The molecule has 0 spiro atoms. The molecule has 1 aromatic carbocycles. The molecule has 0 aromatic heterocycles. The first kappa shape index (κ1) is 16.2. The SMILES string of the molecule is CCC(C)(CNC(=O)Nc1ccc(Cl)c(F)c1)C(=O)O. The maximum atomic E-state index is 13.2. The molecule has 5 nitrogen and oxygen atoms in total. The minimum atomic E-state index is -1.04. The third kappa shape index (κ3) is 4.09. The van der Waals surface area contributed by atoms with E-state index in [2.05, 4.69) is 10.6 Å². The van der Waals surface area contributed by atoms with Crippen molar-refractivity contribution in [2.45, 2.75) is 20.3 Å². The zero-order valence-electron chi connectivity index (χ0n) is 11.2. The van der Waals surface area contributed by atoms with E-state index in [9.17, 15) is 14.0 Å². The second-order valence-corrected chi connectivity index (χ2v) is 5.06. The Balaban J connectivity index is 2.60. The monoisotopic (exact) mass is 302 g/mol. The lowest BCUT2D eigenvalue weighted by atomic mass is 9.88. The molecule has 0 aliphatic carbocycles. The van der Waals surface area contributed by atoms with E-state index in [-0.39, 0.29) is 17.3 Å². The quantitative estimate of drug-likeness (QED) is 0.782. The van der Waals surface area contributed by atoms with Crippen LogP contribution in [0, 0.1) is 11.2 Å². The molecule has 0 saturated carbocycles. The maximum absolute atomic E-state index is 13.2. The van der Waals surface area contributed by atoms with Gasteiger partial charge in [-0.05, 0) is 31.5 Å². The minimum Gasteiger partial charge on any atom is -0.481 e. The van der Waals surface area contributed by atoms with E-state index < -0.39 is 23.2 Å². The van der Waals surface area contributed by atoms with Crippen LogP contribution in [0.2, 0.25) is 5.02 Å². The number of benzene rings is 1. The molecule has 7 heteroatoms. The van der Waals surface area contributed by atoms with E-state index in [1.807, 2.05) is 0 Å². The summed E-state index contributed by atoms with van der Waals surface area (Å²) in [5.74, 6) is -1.63. The molecular formula is C13H16ClFN2O3. The largest absolute Gasteiger partial charge is 0.481 e. The Kier molecular flexibility index (Phi) is 5.33. The van der Waals surface area contributed by atoms with Gasteiger partial charge in [-0.25, -0.2) is 9.18 Å². The Hall–Kier alpha value is -1.82. The first-order valence-corrected chi connectivity index (χ1v) is 6.39. The number of amides is 2. The molecule has 0 bridgehead atoms. The summed E-state index contributed by atoms with van der Waals surface area (Å²) in [6, 6.07) is 3.24. The van der Waals surface area contributed by atoms with Crippen LogP contribution in [0.3, 0.4) is 0 Å². The normalized spacial score (nSPS) is 13.4. The van der Waals surface area contributed by atoms with E-state index >= 15 is 0 Å². The molecule has 1 rings (SSSR count). The van der Waals surface area contributed by atoms with Crippen molar-refractivity contribution in [1.29, 1.82) is 0 Å². The summed E-state index contributed by atoms with van der Waals surface area (Å²) < 4.78 is 13.2. The van der Waals surface area contributed by atoms with Crippen molar-refractivity contribution in [1.82, 2.24) is 5.32 Å². The predicted molar refractivity (Wildman–Crippen MR) is 74.5 cm³/mol. The average molecular weight is 303 g/mol. The van der Waals surface area contributed by atoms with E-state index in [1.165, 1.54) is 19.1 Å². The van der Waals surface area contributed by atoms with Crippen LogP contribution in [0.4, 0.5) is 14.9 Å². The van der Waals surface area contributed by atoms with E-state index in [1.54, 1.807) is 6.92 Å². The highest BCUT2D eigenvalue weighted by atomic mass is 35.5. The van der Waals surface area contributed by atoms with Crippen molar-refractivity contribution in [2.24, 2.45) is 5.41 Å². The number of carbonyl (C=O) groups is 2. The number of hydrogen-bond donors (Lipinski definition) is 3. The number of carboxylic acids is 1. The van der Waals surface area contributed by atoms with Gasteiger partial charge in [-0.15, -0.1) is 0 Å². The molecule has 1 atom stereocenters. The van der Waals surface area contributed by atoms with Gasteiger partial charge in [-0.3, -0.25) is 4.79 Å². The van der Waals surface area contributed by atoms with Crippen LogP contribution in [0.5, 0.6) is 0 Å². The second kappa shape index (κ2) is 6.56. The van der Waals surface area contributed by atoms with Crippen molar-refractivity contribution >= 4 is 29.3 Å². The van der Waals surface area contributed by atoms with Crippen LogP contribution in [-0.4, -0.2) is 23.7 Å². The topological polar surface area (TPSA) is 78.4 Å². The highest BCUT2D eigenvalue weighted by Crippen LogP contribution is 2.20. The summed E-state index contributed by atoms with van der Waals surface area (Å²) >= 11 is 5.52. The van der Waals surface area contributed by atoms with Crippen molar-refractivity contribution in [3.63, 3.8) is 0 Å². The van der Waals surface area contributed by atoms with Gasteiger partial charge < -0.3 is 15.7 Å². The molecule has 0 radical (unpaired) electrons. The Morgan fingerprint density at radius 1 is 1.45 bits per heavy atom. The zero-order valence-corrected chi connectivity index (χ0v) is 11.9. The van der Waals surface area contributed by atoms with Crippen LogP contribution in [0.1, 0.15) is 20.3 Å². The van der Waals surface area contributed by atoms with Crippen LogP contribution in [0.15, 0.2) is 18.2 Å². The minimum absolute atomic E-state index is 0.0270. The molecule has 0 saturated heterocycles. The molecule has 0 aliphatic heterocycles. The van der Waals surface area contributed by atoms with Gasteiger partial charge in [0, 0.05) is 12.2 Å². The van der Waals surface area contributed by atoms with Gasteiger partial charge in [-0.1, -0.05) is 18.5 Å². The Morgan fingerprint density at radius 2 is 2.10 bits per heavy atom. The van der Waals surface area contributed by atoms with Crippen molar-refractivity contribution < 1.29 is 19.1 Å². The van der Waals surface area contributed by atoms with Crippen molar-refractivity contribution in [3.05, 3.63) is 29.0 Å². The average Bonchev–Trinajstić information content (AvgIpc) is 2.40. The van der Waals surface area contributed by atoms with Crippen LogP contribution >= 0.6 is 11.6 Å². The Bertz CT molecular complexity index is 524. The number of halogens is 2. The number of carbonyl (C=O) groups excluding carboxylic acids is 1. The van der Waals surface area contributed by atoms with Crippen molar-refractivity contribution in [2.75, 3.05) is 11.9 Å². The summed E-state index contributed by atoms with van der Waals surface area (Å²) in [7, 11) is 0. The molecule has 0 fully saturated rings. The lowest BCUT2D eigenvalue weighted by Crippen LogP contribution is -2.42. The standard InChI is InChI=1S/C13H16ClFN2O3/c1-3-13(2,11(18)19)7-16-12(20)17-8-4-5-9(14)10(15)6-8/h4-6H,3,7H2,1-2H3,(H,18,19)(H2,16,17,20). The highest BCUT2D eigenvalue weighted by Gasteiger charge is 2.31. The van der Waals surface area contributed by atoms with E-state index in [0.29, 0.717) is 6.42 Å². The number of aliphatic carboxylic acids is 1. The Morgan fingerprint density at radius 3 is 2.60 bits per heavy atom. The summed E-state index contributed by atoms with van der Waals surface area (Å²) in [4.78, 5) is 22.7. The first-order chi connectivity index (χ1) is 9.28. The zero-order chi connectivity index (χ0) is 15.3. The predicted octanol–water partition coefficient (Wildman–Crippen LogP) is 3.10. The van der Waals surface area contributed by atoms with Crippen LogP contribution < -0.4 is 10.6 Å². The second-order valence-electron chi connectivity index (χ2n) is 4.66. The number of nitrogens with one attached hydrogen (secondary N) is 2. The molecule has 1 unspecified atom stereocenters. The number of hydrogen-bond acceptors (Lipinski definition) is 2. The molecule has 0 aliphatic rings. The fourth-order valence-electron chi connectivity index (χ4n) is 1.38. The van der Waals surface area contributed by atoms with Crippen molar-refractivity contribution in [3.8, 4) is 0 Å².